The number of unbranched alkanes of at least 4 members (excludes halogenated alkanes) is 10. The molecule has 0 aromatic rings. The van der Waals surface area contributed by atoms with Crippen LogP contribution in [0, 0.1) is 0 Å². The van der Waals surface area contributed by atoms with Crippen LogP contribution in [0.4, 0.5) is 0 Å². The van der Waals surface area contributed by atoms with Crippen molar-refractivity contribution in [2.75, 3.05) is 6.61 Å². The van der Waals surface area contributed by atoms with Gasteiger partial charge < -0.3 is 9.64 Å². The Morgan fingerprint density at radius 1 is 0.913 bits per heavy atom. The zero-order chi connectivity index (χ0) is 32.0. The standard InChI is InChI=1S/C37H62N6O3/c1-4-5-6-7-8-10-13-16-28-24-32-20-21-33-34(27(3)38-36(39-28)42(32)33)35(44)46-22-15-12-9-11-14-17-29-25-31-19-18-30-23-26(2)43(45)37(40-29)41(30)31/h26,28-32,36,39,45H,4-25H2,1-3H3/p+1/t26-,28-,29-,30+,31+,32+,36?/m1/s1. The SMILES string of the molecule is CCCCCCCCC[C@@H]1C[C@@H]2CCC3=C(C(=O)OCCCCCCC[C@@H]4C[C@@H]5CC[C@H]6C[C@@H](C)N(O)C(=N4)N56)C(C)=NC(N1)[NH+]32. The summed E-state index contributed by atoms with van der Waals surface area (Å²) in [6.07, 6.45) is 25.3. The Hall–Kier alpha value is -1.97. The van der Waals surface area contributed by atoms with Crippen LogP contribution in [0.15, 0.2) is 21.3 Å². The van der Waals surface area contributed by atoms with Gasteiger partial charge in [0.2, 0.25) is 12.2 Å². The van der Waals surface area contributed by atoms with Gasteiger partial charge >= 0.3 is 5.97 Å². The molecule has 6 aliphatic heterocycles. The third kappa shape index (κ3) is 7.67. The normalized spacial score (nSPS) is 33.1. The quantitative estimate of drug-likeness (QED) is 0.136. The molecule has 258 valence electrons. The molecule has 0 spiro atoms. The fourth-order valence-corrected chi connectivity index (χ4v) is 9.54. The smallest absolute Gasteiger partial charge is 0.345 e. The summed E-state index contributed by atoms with van der Waals surface area (Å²) in [6.45, 7) is 6.88. The molecule has 0 aromatic carbocycles. The molecule has 6 heterocycles. The first-order valence-electron chi connectivity index (χ1n) is 19.4. The van der Waals surface area contributed by atoms with Crippen molar-refractivity contribution >= 4 is 17.6 Å². The Labute approximate surface area is 278 Å². The number of esters is 1. The molecule has 6 rings (SSSR count). The molecule has 2 unspecified atom stereocenters. The van der Waals surface area contributed by atoms with Crippen molar-refractivity contribution in [2.24, 2.45) is 9.98 Å². The summed E-state index contributed by atoms with van der Waals surface area (Å²) in [5.41, 5.74) is 2.85. The van der Waals surface area contributed by atoms with Gasteiger partial charge in [0.15, 0.2) is 0 Å². The summed E-state index contributed by atoms with van der Waals surface area (Å²) in [5, 5.41) is 15.9. The van der Waals surface area contributed by atoms with E-state index in [2.05, 4.69) is 24.1 Å². The van der Waals surface area contributed by atoms with Gasteiger partial charge in [-0.25, -0.2) is 25.2 Å². The highest BCUT2D eigenvalue weighted by molar-refractivity contribution is 6.19. The summed E-state index contributed by atoms with van der Waals surface area (Å²) in [6, 6.07) is 2.72. The number of nitrogens with one attached hydrogen (secondary N) is 2. The van der Waals surface area contributed by atoms with E-state index in [9.17, 15) is 10.0 Å². The van der Waals surface area contributed by atoms with E-state index in [-0.39, 0.29) is 18.3 Å². The van der Waals surface area contributed by atoms with Crippen molar-refractivity contribution in [1.82, 2.24) is 15.3 Å². The lowest BCUT2D eigenvalue weighted by Crippen LogP contribution is -3.19. The number of allylic oxidation sites excluding steroid dienone is 1. The number of rotatable bonds is 17. The topological polar surface area (TPSA) is 94.2 Å². The van der Waals surface area contributed by atoms with E-state index in [1.165, 1.54) is 99.1 Å². The van der Waals surface area contributed by atoms with E-state index in [0.29, 0.717) is 36.8 Å². The van der Waals surface area contributed by atoms with Gasteiger partial charge in [0.25, 0.3) is 0 Å². The lowest BCUT2D eigenvalue weighted by atomic mass is 9.96. The predicted molar refractivity (Wildman–Crippen MR) is 183 cm³/mol. The van der Waals surface area contributed by atoms with E-state index >= 15 is 0 Å². The van der Waals surface area contributed by atoms with Crippen LogP contribution in [0.3, 0.4) is 0 Å². The van der Waals surface area contributed by atoms with E-state index < -0.39 is 0 Å². The zero-order valence-electron chi connectivity index (χ0n) is 29.2. The number of hydrogen-bond donors (Lipinski definition) is 3. The lowest BCUT2D eigenvalue weighted by molar-refractivity contribution is -0.913. The number of carbonyl (C=O) groups excluding carboxylic acids is 1. The maximum atomic E-state index is 13.3. The van der Waals surface area contributed by atoms with Crippen molar-refractivity contribution in [2.45, 2.75) is 198 Å². The molecule has 3 N–H and O–H groups in total. The minimum atomic E-state index is -0.164. The Kier molecular flexibility index (Phi) is 11.8. The van der Waals surface area contributed by atoms with E-state index in [1.807, 2.05) is 6.92 Å². The highest BCUT2D eigenvalue weighted by Crippen LogP contribution is 2.39. The van der Waals surface area contributed by atoms with E-state index in [0.717, 1.165) is 68.6 Å². The number of quaternary nitrogens is 1. The van der Waals surface area contributed by atoms with Crippen molar-refractivity contribution in [3.8, 4) is 0 Å². The fraction of sp³-hybridized carbons (Fsp3) is 0.865. The molecule has 0 bridgehead atoms. The van der Waals surface area contributed by atoms with Crippen LogP contribution in [0.5, 0.6) is 0 Å². The van der Waals surface area contributed by atoms with Crippen molar-refractivity contribution in [3.63, 3.8) is 0 Å². The Morgan fingerprint density at radius 2 is 1.61 bits per heavy atom. The molecule has 9 heteroatoms. The summed E-state index contributed by atoms with van der Waals surface area (Å²) < 4.78 is 5.84. The largest absolute Gasteiger partial charge is 0.462 e. The van der Waals surface area contributed by atoms with Crippen LogP contribution in [0.1, 0.15) is 156 Å². The predicted octanol–water partition coefficient (Wildman–Crippen LogP) is 5.88. The minimum absolute atomic E-state index is 0.0603. The average Bonchev–Trinajstić information content (AvgIpc) is 3.65. The van der Waals surface area contributed by atoms with Gasteiger partial charge in [0, 0.05) is 37.4 Å². The minimum Gasteiger partial charge on any atom is -0.462 e. The second-order valence-electron chi connectivity index (χ2n) is 15.4. The second-order valence-corrected chi connectivity index (χ2v) is 15.4. The Bertz CT molecular complexity index is 1140. The maximum absolute atomic E-state index is 13.3. The summed E-state index contributed by atoms with van der Waals surface area (Å²) in [5.74, 6) is 0.672. The average molecular weight is 640 g/mol. The van der Waals surface area contributed by atoms with Crippen LogP contribution >= 0.6 is 0 Å². The van der Waals surface area contributed by atoms with Crippen LogP contribution in [0.2, 0.25) is 0 Å². The van der Waals surface area contributed by atoms with Gasteiger partial charge in [0.05, 0.1) is 30.4 Å². The molecule has 9 nitrogen and oxygen atoms in total. The lowest BCUT2D eigenvalue weighted by Gasteiger charge is -2.47. The molecule has 0 aromatic heterocycles. The first-order chi connectivity index (χ1) is 22.4. The molecule has 4 fully saturated rings. The number of nitrogens with zero attached hydrogens (tertiary/aromatic N) is 4. The first kappa shape index (κ1) is 33.9. The van der Waals surface area contributed by atoms with Crippen LogP contribution in [0.25, 0.3) is 0 Å². The molecule has 6 aliphatic rings. The first-order valence-corrected chi connectivity index (χ1v) is 19.4. The molecule has 0 radical (unpaired) electrons. The second kappa shape index (κ2) is 16.0. The van der Waals surface area contributed by atoms with Gasteiger partial charge in [-0.15, -0.1) is 0 Å². The number of aliphatic imine (C=N–C) groups is 2. The number of hydroxylamine groups is 2. The van der Waals surface area contributed by atoms with Crippen LogP contribution < -0.4 is 10.2 Å². The Morgan fingerprint density at radius 3 is 2.39 bits per heavy atom. The van der Waals surface area contributed by atoms with Crippen molar-refractivity contribution < 1.29 is 19.6 Å². The molecule has 0 amide bonds. The molecule has 0 aliphatic carbocycles. The van der Waals surface area contributed by atoms with Gasteiger partial charge in [0.1, 0.15) is 11.3 Å². The molecule has 8 atom stereocenters. The summed E-state index contributed by atoms with van der Waals surface area (Å²) in [7, 11) is 0. The number of guanidine groups is 1. The van der Waals surface area contributed by atoms with Crippen molar-refractivity contribution in [1.29, 1.82) is 0 Å². The third-order valence-corrected chi connectivity index (χ3v) is 12.0. The molecule has 0 saturated carbocycles. The van der Waals surface area contributed by atoms with E-state index in [4.69, 9.17) is 14.7 Å². The van der Waals surface area contributed by atoms with Gasteiger partial charge in [-0.3, -0.25) is 10.1 Å². The van der Waals surface area contributed by atoms with Crippen LogP contribution in [-0.2, 0) is 9.53 Å². The summed E-state index contributed by atoms with van der Waals surface area (Å²) >= 11 is 0. The summed E-state index contributed by atoms with van der Waals surface area (Å²) in [4.78, 5) is 27.1. The highest BCUT2D eigenvalue weighted by Gasteiger charge is 2.50. The maximum Gasteiger partial charge on any atom is 0.345 e. The van der Waals surface area contributed by atoms with Gasteiger partial charge in [-0.2, -0.15) is 0 Å². The fourth-order valence-electron chi connectivity index (χ4n) is 9.54. The third-order valence-electron chi connectivity index (χ3n) is 12.0. The number of carbonyl (C=O) groups is 1. The zero-order valence-corrected chi connectivity index (χ0v) is 29.2. The van der Waals surface area contributed by atoms with Crippen LogP contribution in [-0.4, -0.2) is 82.0 Å². The molecular weight excluding hydrogens is 576 g/mol. The molecule has 4 saturated heterocycles. The van der Waals surface area contributed by atoms with E-state index in [1.54, 1.807) is 0 Å². The number of ether oxygens (including phenoxy) is 1. The Balaban J connectivity index is 0.874. The van der Waals surface area contributed by atoms with Crippen molar-refractivity contribution in [3.05, 3.63) is 11.3 Å². The highest BCUT2D eigenvalue weighted by atomic mass is 16.5. The molecule has 46 heavy (non-hydrogen) atoms. The van der Waals surface area contributed by atoms with Gasteiger partial charge in [-0.05, 0) is 58.8 Å². The monoisotopic (exact) mass is 639 g/mol. The molecular formula is C37H63N6O3+. The number of hydrogen-bond acceptors (Lipinski definition) is 8. The van der Waals surface area contributed by atoms with Gasteiger partial charge in [-0.1, -0.05) is 77.6 Å².